The Morgan fingerprint density at radius 2 is 2.00 bits per heavy atom. The Kier molecular flexibility index (Phi) is 3.60. The van der Waals surface area contributed by atoms with Crippen molar-refractivity contribution in [2.45, 2.75) is 37.1 Å². The molecule has 1 unspecified atom stereocenters. The topological polar surface area (TPSA) is 21.3 Å². The van der Waals surface area contributed by atoms with E-state index < -0.39 is 0 Å². The van der Waals surface area contributed by atoms with Gasteiger partial charge in [0.2, 0.25) is 0 Å². The van der Waals surface area contributed by atoms with Crippen LogP contribution in [0, 0.1) is 0 Å². The zero-order chi connectivity index (χ0) is 12.4. The van der Waals surface area contributed by atoms with Gasteiger partial charge in [0, 0.05) is 16.5 Å². The number of nitrogens with one attached hydrogen (secondary N) is 1. The summed E-state index contributed by atoms with van der Waals surface area (Å²) in [6.07, 6.45) is 5.17. The van der Waals surface area contributed by atoms with Crippen LogP contribution in [0.15, 0.2) is 24.3 Å². The van der Waals surface area contributed by atoms with Gasteiger partial charge in [-0.15, -0.1) is 0 Å². The molecular weight excluding hydrogens is 246 g/mol. The van der Waals surface area contributed by atoms with Crippen LogP contribution >= 0.6 is 11.6 Å². The average Bonchev–Trinajstić information content (AvgIpc) is 2.36. The van der Waals surface area contributed by atoms with E-state index in [0.29, 0.717) is 6.04 Å². The van der Waals surface area contributed by atoms with E-state index >= 15 is 0 Å². The smallest absolute Gasteiger partial charge is 0.0586 e. The third-order valence-electron chi connectivity index (χ3n) is 4.26. The quantitative estimate of drug-likeness (QED) is 0.907. The zero-order valence-corrected chi connectivity index (χ0v) is 11.4. The van der Waals surface area contributed by atoms with Gasteiger partial charge in [-0.3, -0.25) is 0 Å². The van der Waals surface area contributed by atoms with Crippen LogP contribution < -0.4 is 5.32 Å². The molecule has 2 heterocycles. The molecule has 0 spiro atoms. The average molecular weight is 266 g/mol. The predicted molar refractivity (Wildman–Crippen MR) is 74.2 cm³/mol. The van der Waals surface area contributed by atoms with Gasteiger partial charge in [-0.1, -0.05) is 30.2 Å². The lowest BCUT2D eigenvalue weighted by molar-refractivity contribution is -0.0696. The fraction of sp³-hybridized carbons (Fsp3) is 0.600. The van der Waals surface area contributed by atoms with E-state index in [4.69, 9.17) is 16.3 Å². The van der Waals surface area contributed by atoms with E-state index in [0.717, 1.165) is 18.2 Å². The van der Waals surface area contributed by atoms with Gasteiger partial charge >= 0.3 is 0 Å². The minimum absolute atomic E-state index is 0.222. The van der Waals surface area contributed by atoms with E-state index in [1.165, 1.54) is 37.8 Å². The second-order valence-electron chi connectivity index (χ2n) is 5.63. The molecule has 3 rings (SSSR count). The van der Waals surface area contributed by atoms with Crippen molar-refractivity contribution in [3.05, 3.63) is 34.9 Å². The van der Waals surface area contributed by atoms with Crippen molar-refractivity contribution in [2.75, 3.05) is 19.8 Å². The molecule has 18 heavy (non-hydrogen) atoms. The molecule has 0 aromatic heterocycles. The van der Waals surface area contributed by atoms with Gasteiger partial charge in [-0.25, -0.2) is 0 Å². The van der Waals surface area contributed by atoms with Gasteiger partial charge < -0.3 is 10.1 Å². The predicted octanol–water partition coefficient (Wildman–Crippen LogP) is 3.14. The van der Waals surface area contributed by atoms with Crippen molar-refractivity contribution in [3.8, 4) is 0 Å². The summed E-state index contributed by atoms with van der Waals surface area (Å²) in [4.78, 5) is 0. The van der Waals surface area contributed by atoms with Gasteiger partial charge in [0.05, 0.1) is 13.2 Å². The van der Waals surface area contributed by atoms with Gasteiger partial charge in [0.1, 0.15) is 0 Å². The van der Waals surface area contributed by atoms with Gasteiger partial charge in [0.15, 0.2) is 0 Å². The molecule has 1 atom stereocenters. The van der Waals surface area contributed by atoms with Crippen molar-refractivity contribution in [2.24, 2.45) is 0 Å². The summed E-state index contributed by atoms with van der Waals surface area (Å²) >= 11 is 5.97. The van der Waals surface area contributed by atoms with Crippen LogP contribution in [0.4, 0.5) is 0 Å². The number of hydrogen-bond acceptors (Lipinski definition) is 2. The molecule has 1 aromatic rings. The number of rotatable bonds is 3. The molecule has 3 heteroatoms. The number of hydrogen-bond donors (Lipinski definition) is 1. The van der Waals surface area contributed by atoms with Crippen LogP contribution in [0.3, 0.4) is 0 Å². The normalized spacial score (nSPS) is 26.6. The number of halogens is 1. The zero-order valence-electron chi connectivity index (χ0n) is 10.6. The molecule has 0 bridgehead atoms. The van der Waals surface area contributed by atoms with Gasteiger partial charge in [-0.05, 0) is 43.5 Å². The van der Waals surface area contributed by atoms with Crippen LogP contribution in [0.5, 0.6) is 0 Å². The molecule has 2 nitrogen and oxygen atoms in total. The molecule has 2 fully saturated rings. The molecule has 1 aromatic carbocycles. The SMILES string of the molecule is Clc1ccc(C2(CC3CCCCN3)COC2)cc1. The second kappa shape index (κ2) is 5.20. The molecule has 0 radical (unpaired) electrons. The summed E-state index contributed by atoms with van der Waals surface area (Å²) in [6, 6.07) is 8.95. The number of piperidine rings is 1. The number of benzene rings is 1. The first-order valence-corrected chi connectivity index (χ1v) is 7.24. The monoisotopic (exact) mass is 265 g/mol. The molecule has 0 aliphatic carbocycles. The second-order valence-corrected chi connectivity index (χ2v) is 6.07. The Labute approximate surface area is 114 Å². The molecule has 2 aliphatic heterocycles. The first kappa shape index (κ1) is 12.5. The molecule has 2 aliphatic rings. The Morgan fingerprint density at radius 1 is 1.22 bits per heavy atom. The van der Waals surface area contributed by atoms with Gasteiger partial charge in [-0.2, -0.15) is 0 Å². The Balaban J connectivity index is 1.74. The van der Waals surface area contributed by atoms with Crippen molar-refractivity contribution in [1.82, 2.24) is 5.32 Å². The minimum atomic E-state index is 0.222. The van der Waals surface area contributed by atoms with Crippen LogP contribution in [0.25, 0.3) is 0 Å². The van der Waals surface area contributed by atoms with Crippen LogP contribution in [0.2, 0.25) is 5.02 Å². The summed E-state index contributed by atoms with van der Waals surface area (Å²) in [7, 11) is 0. The maximum absolute atomic E-state index is 5.97. The van der Waals surface area contributed by atoms with Crippen LogP contribution in [0.1, 0.15) is 31.2 Å². The van der Waals surface area contributed by atoms with Crippen molar-refractivity contribution >= 4 is 11.6 Å². The van der Waals surface area contributed by atoms with E-state index in [1.54, 1.807) is 0 Å². The van der Waals surface area contributed by atoms with Gasteiger partial charge in [0.25, 0.3) is 0 Å². The largest absolute Gasteiger partial charge is 0.379 e. The van der Waals surface area contributed by atoms with Crippen molar-refractivity contribution < 1.29 is 4.74 Å². The standard InChI is InChI=1S/C15H20ClNO/c16-13-6-4-12(5-7-13)15(10-18-11-15)9-14-3-1-2-8-17-14/h4-7,14,17H,1-3,8-11H2. The van der Waals surface area contributed by atoms with E-state index in [2.05, 4.69) is 17.4 Å². The highest BCUT2D eigenvalue weighted by atomic mass is 35.5. The maximum atomic E-state index is 5.97. The summed E-state index contributed by atoms with van der Waals surface area (Å²) in [5.74, 6) is 0. The first-order chi connectivity index (χ1) is 8.78. The molecule has 98 valence electrons. The Morgan fingerprint density at radius 3 is 2.56 bits per heavy atom. The highest BCUT2D eigenvalue weighted by molar-refractivity contribution is 6.30. The minimum Gasteiger partial charge on any atom is -0.379 e. The fourth-order valence-electron chi connectivity index (χ4n) is 3.12. The van der Waals surface area contributed by atoms with E-state index in [9.17, 15) is 0 Å². The highest BCUT2D eigenvalue weighted by Gasteiger charge is 2.42. The maximum Gasteiger partial charge on any atom is 0.0586 e. The fourth-order valence-corrected chi connectivity index (χ4v) is 3.25. The van der Waals surface area contributed by atoms with E-state index in [1.807, 2.05) is 12.1 Å². The molecule has 2 saturated heterocycles. The Hall–Kier alpha value is -0.570. The molecule has 0 saturated carbocycles. The molecule has 0 amide bonds. The first-order valence-electron chi connectivity index (χ1n) is 6.86. The lowest BCUT2D eigenvalue weighted by atomic mass is 9.73. The highest BCUT2D eigenvalue weighted by Crippen LogP contribution is 2.38. The summed E-state index contributed by atoms with van der Waals surface area (Å²) in [5, 5.41) is 4.45. The lowest BCUT2D eigenvalue weighted by Gasteiger charge is -2.45. The van der Waals surface area contributed by atoms with Crippen LogP contribution in [-0.4, -0.2) is 25.8 Å². The lowest BCUT2D eigenvalue weighted by Crippen LogP contribution is -2.51. The van der Waals surface area contributed by atoms with Crippen molar-refractivity contribution in [1.29, 1.82) is 0 Å². The summed E-state index contributed by atoms with van der Waals surface area (Å²) in [5.41, 5.74) is 1.60. The third kappa shape index (κ3) is 2.42. The van der Waals surface area contributed by atoms with Crippen LogP contribution in [-0.2, 0) is 10.2 Å². The van der Waals surface area contributed by atoms with E-state index in [-0.39, 0.29) is 5.41 Å². The molecular formula is C15H20ClNO. The summed E-state index contributed by atoms with van der Waals surface area (Å²) in [6.45, 7) is 2.88. The van der Waals surface area contributed by atoms with Crippen molar-refractivity contribution in [3.63, 3.8) is 0 Å². The molecule has 1 N–H and O–H groups in total. The number of ether oxygens (including phenoxy) is 1. The Bertz CT molecular complexity index is 393. The third-order valence-corrected chi connectivity index (χ3v) is 4.51. The summed E-state index contributed by atoms with van der Waals surface area (Å²) < 4.78 is 5.50.